The predicted octanol–water partition coefficient (Wildman–Crippen LogP) is 2.90. The molecule has 0 spiro atoms. The van der Waals surface area contributed by atoms with Gasteiger partial charge in [-0.25, -0.2) is 0 Å². The first-order valence-corrected chi connectivity index (χ1v) is 8.21. The molecule has 7 heteroatoms. The maximum absolute atomic E-state index is 12.1. The molecule has 0 aromatic heterocycles. The molecule has 6 nitrogen and oxygen atoms in total. The van der Waals surface area contributed by atoms with Gasteiger partial charge in [0.15, 0.2) is 0 Å². The summed E-state index contributed by atoms with van der Waals surface area (Å²) < 4.78 is 0. The normalized spacial score (nSPS) is 11.8. The third kappa shape index (κ3) is 5.26. The van der Waals surface area contributed by atoms with E-state index in [9.17, 15) is 14.9 Å². The summed E-state index contributed by atoms with van der Waals surface area (Å²) in [4.78, 5) is 22.7. The Balaban J connectivity index is 2.85. The summed E-state index contributed by atoms with van der Waals surface area (Å²) in [6, 6.07) is 4.52. The minimum Gasteiger partial charge on any atom is -0.380 e. The van der Waals surface area contributed by atoms with Gasteiger partial charge in [-0.2, -0.15) is 11.8 Å². The van der Waals surface area contributed by atoms with Crippen molar-refractivity contribution in [1.29, 1.82) is 0 Å². The third-order valence-electron chi connectivity index (χ3n) is 2.96. The van der Waals surface area contributed by atoms with Crippen LogP contribution in [-0.2, 0) is 0 Å². The summed E-state index contributed by atoms with van der Waals surface area (Å²) in [7, 11) is 0. The van der Waals surface area contributed by atoms with Crippen LogP contribution in [0.1, 0.15) is 30.6 Å². The SMILES string of the molecule is CCNc1ccc(C(=O)NC(C)CCSC)cc1[N+](=O)[O-]. The van der Waals surface area contributed by atoms with Gasteiger partial charge in [-0.15, -0.1) is 0 Å². The molecule has 0 aliphatic carbocycles. The highest BCUT2D eigenvalue weighted by Gasteiger charge is 2.18. The molecule has 0 aliphatic heterocycles. The maximum Gasteiger partial charge on any atom is 0.293 e. The minimum absolute atomic E-state index is 0.0393. The lowest BCUT2D eigenvalue weighted by Crippen LogP contribution is -2.33. The summed E-state index contributed by atoms with van der Waals surface area (Å²) in [5.74, 6) is 0.677. The molecule has 0 heterocycles. The Morgan fingerprint density at radius 3 is 2.76 bits per heavy atom. The second-order valence-electron chi connectivity index (χ2n) is 4.68. The van der Waals surface area contributed by atoms with Crippen molar-refractivity contribution in [1.82, 2.24) is 5.32 Å². The second kappa shape index (κ2) is 8.51. The summed E-state index contributed by atoms with van der Waals surface area (Å²) in [5, 5.41) is 16.8. The van der Waals surface area contributed by atoms with E-state index in [1.54, 1.807) is 23.9 Å². The van der Waals surface area contributed by atoms with Crippen LogP contribution in [0.5, 0.6) is 0 Å². The Bertz CT molecular complexity index is 508. The number of rotatable bonds is 8. The first kappa shape index (κ1) is 17.3. The Hall–Kier alpha value is -1.76. The van der Waals surface area contributed by atoms with Gasteiger partial charge in [0.1, 0.15) is 5.69 Å². The van der Waals surface area contributed by atoms with Crippen LogP contribution in [0.15, 0.2) is 18.2 Å². The van der Waals surface area contributed by atoms with Crippen molar-refractivity contribution in [3.05, 3.63) is 33.9 Å². The highest BCUT2D eigenvalue weighted by molar-refractivity contribution is 7.98. The molecule has 0 aliphatic rings. The standard InChI is InChI=1S/C14H21N3O3S/c1-4-15-12-6-5-11(9-13(12)17(19)20)14(18)16-10(2)7-8-21-3/h5-6,9-10,15H,4,7-8H2,1-3H3,(H,16,18). The molecule has 1 aromatic rings. The summed E-state index contributed by atoms with van der Waals surface area (Å²) in [6.45, 7) is 4.37. The average molecular weight is 311 g/mol. The van der Waals surface area contributed by atoms with E-state index >= 15 is 0 Å². The van der Waals surface area contributed by atoms with Gasteiger partial charge in [0.05, 0.1) is 4.92 Å². The van der Waals surface area contributed by atoms with Crippen molar-refractivity contribution in [2.45, 2.75) is 26.3 Å². The molecule has 0 radical (unpaired) electrons. The summed E-state index contributed by atoms with van der Waals surface area (Å²) in [6.07, 6.45) is 2.88. The molecule has 116 valence electrons. The number of nitro groups is 1. The molecular formula is C14H21N3O3S. The van der Waals surface area contributed by atoms with Crippen LogP contribution in [0.25, 0.3) is 0 Å². The smallest absolute Gasteiger partial charge is 0.293 e. The topological polar surface area (TPSA) is 84.3 Å². The van der Waals surface area contributed by atoms with Gasteiger partial charge < -0.3 is 10.6 Å². The first-order chi connectivity index (χ1) is 9.99. The lowest BCUT2D eigenvalue weighted by atomic mass is 10.1. The van der Waals surface area contributed by atoms with E-state index in [2.05, 4.69) is 10.6 Å². The molecule has 1 unspecified atom stereocenters. The van der Waals surface area contributed by atoms with Crippen LogP contribution < -0.4 is 10.6 Å². The number of nitrogens with zero attached hydrogens (tertiary/aromatic N) is 1. The number of carbonyl (C=O) groups excluding carboxylic acids is 1. The fourth-order valence-corrected chi connectivity index (χ4v) is 2.43. The number of nitrogens with one attached hydrogen (secondary N) is 2. The van der Waals surface area contributed by atoms with E-state index in [-0.39, 0.29) is 17.6 Å². The highest BCUT2D eigenvalue weighted by Crippen LogP contribution is 2.25. The molecule has 1 rings (SSSR count). The molecule has 1 amide bonds. The second-order valence-corrected chi connectivity index (χ2v) is 5.66. The zero-order valence-corrected chi connectivity index (χ0v) is 13.3. The highest BCUT2D eigenvalue weighted by atomic mass is 32.2. The Morgan fingerprint density at radius 2 is 2.19 bits per heavy atom. The van der Waals surface area contributed by atoms with E-state index < -0.39 is 4.92 Å². The average Bonchev–Trinajstić information content (AvgIpc) is 2.45. The van der Waals surface area contributed by atoms with Crippen LogP contribution in [0.3, 0.4) is 0 Å². The van der Waals surface area contributed by atoms with Crippen molar-refractivity contribution in [3.63, 3.8) is 0 Å². The van der Waals surface area contributed by atoms with Gasteiger partial charge in [0, 0.05) is 24.2 Å². The third-order valence-corrected chi connectivity index (χ3v) is 3.60. The number of anilines is 1. The van der Waals surface area contributed by atoms with Crippen molar-refractivity contribution < 1.29 is 9.72 Å². The van der Waals surface area contributed by atoms with Crippen LogP contribution in [-0.4, -0.2) is 35.4 Å². The number of nitro benzene ring substituents is 1. The minimum atomic E-state index is -0.480. The van der Waals surface area contributed by atoms with Crippen molar-refractivity contribution in [3.8, 4) is 0 Å². The quantitative estimate of drug-likeness (QED) is 0.569. The van der Waals surface area contributed by atoms with Gasteiger partial charge in [-0.1, -0.05) is 0 Å². The fraction of sp³-hybridized carbons (Fsp3) is 0.500. The Morgan fingerprint density at radius 1 is 1.48 bits per heavy atom. The number of amides is 1. The van der Waals surface area contributed by atoms with E-state index in [4.69, 9.17) is 0 Å². The monoisotopic (exact) mass is 311 g/mol. The lowest BCUT2D eigenvalue weighted by molar-refractivity contribution is -0.384. The molecule has 0 saturated carbocycles. The zero-order chi connectivity index (χ0) is 15.8. The van der Waals surface area contributed by atoms with E-state index in [0.717, 1.165) is 12.2 Å². The van der Waals surface area contributed by atoms with Crippen molar-refractivity contribution in [2.24, 2.45) is 0 Å². The van der Waals surface area contributed by atoms with Gasteiger partial charge >= 0.3 is 0 Å². The maximum atomic E-state index is 12.1. The van der Waals surface area contributed by atoms with Gasteiger partial charge in [-0.3, -0.25) is 14.9 Å². The number of carbonyl (C=O) groups is 1. The first-order valence-electron chi connectivity index (χ1n) is 6.81. The van der Waals surface area contributed by atoms with Gasteiger partial charge in [0.2, 0.25) is 0 Å². The van der Waals surface area contributed by atoms with E-state index in [0.29, 0.717) is 17.8 Å². The Labute approximate surface area is 128 Å². The van der Waals surface area contributed by atoms with Crippen LogP contribution in [0.4, 0.5) is 11.4 Å². The zero-order valence-electron chi connectivity index (χ0n) is 12.5. The van der Waals surface area contributed by atoms with Crippen molar-refractivity contribution >= 4 is 29.0 Å². The molecule has 0 bridgehead atoms. The molecule has 1 atom stereocenters. The number of thioether (sulfide) groups is 1. The molecule has 2 N–H and O–H groups in total. The number of hydrogen-bond acceptors (Lipinski definition) is 5. The van der Waals surface area contributed by atoms with Gasteiger partial charge in [0.25, 0.3) is 11.6 Å². The number of hydrogen-bond donors (Lipinski definition) is 2. The summed E-state index contributed by atoms with van der Waals surface area (Å²) >= 11 is 1.72. The Kier molecular flexibility index (Phi) is 7.01. The van der Waals surface area contributed by atoms with Crippen LogP contribution >= 0.6 is 11.8 Å². The van der Waals surface area contributed by atoms with Crippen molar-refractivity contribution in [2.75, 3.05) is 23.9 Å². The molecule has 21 heavy (non-hydrogen) atoms. The van der Waals surface area contributed by atoms with Gasteiger partial charge in [-0.05, 0) is 44.4 Å². The van der Waals surface area contributed by atoms with E-state index in [1.807, 2.05) is 20.1 Å². The van der Waals surface area contributed by atoms with Crippen LogP contribution in [0.2, 0.25) is 0 Å². The largest absolute Gasteiger partial charge is 0.380 e. The van der Waals surface area contributed by atoms with E-state index in [1.165, 1.54) is 6.07 Å². The predicted molar refractivity (Wildman–Crippen MR) is 87.2 cm³/mol. The molecule has 0 saturated heterocycles. The fourth-order valence-electron chi connectivity index (χ4n) is 1.84. The summed E-state index contributed by atoms with van der Waals surface area (Å²) in [5.41, 5.74) is 0.648. The lowest BCUT2D eigenvalue weighted by Gasteiger charge is -2.13. The molecule has 0 fully saturated rings. The van der Waals surface area contributed by atoms with Crippen LogP contribution in [0, 0.1) is 10.1 Å². The number of benzene rings is 1. The molecule has 1 aromatic carbocycles. The molecular weight excluding hydrogens is 290 g/mol.